The molecule has 0 aromatic carbocycles. The molecule has 0 saturated carbocycles. The van der Waals surface area contributed by atoms with Gasteiger partial charge in [0.1, 0.15) is 0 Å². The topological polar surface area (TPSA) is 56.6 Å². The summed E-state index contributed by atoms with van der Waals surface area (Å²) in [6, 6.07) is 0. The first kappa shape index (κ1) is 9.89. The summed E-state index contributed by atoms with van der Waals surface area (Å²) in [5.41, 5.74) is 0.734. The fourth-order valence-corrected chi connectivity index (χ4v) is 2.52. The molecule has 1 unspecified atom stereocenters. The Hall–Kier alpha value is -0.650. The molecule has 1 aromatic rings. The maximum Gasteiger partial charge on any atom is 0.185 e. The van der Waals surface area contributed by atoms with Crippen molar-refractivity contribution >= 4 is 16.5 Å². The first-order chi connectivity index (χ1) is 6.83. The van der Waals surface area contributed by atoms with Crippen molar-refractivity contribution in [3.8, 4) is 0 Å². The van der Waals surface area contributed by atoms with E-state index in [1.54, 1.807) is 11.3 Å². The fourth-order valence-electron chi connectivity index (χ4n) is 1.67. The van der Waals surface area contributed by atoms with Crippen molar-refractivity contribution in [1.29, 1.82) is 0 Å². The summed E-state index contributed by atoms with van der Waals surface area (Å²) in [6.45, 7) is 2.11. The molecular formula is C9H14N2O2S. The van der Waals surface area contributed by atoms with Gasteiger partial charge in [-0.1, -0.05) is 0 Å². The van der Waals surface area contributed by atoms with Gasteiger partial charge in [-0.05, 0) is 6.42 Å². The minimum atomic E-state index is 0.00771. The minimum absolute atomic E-state index is 0.00771. The Morgan fingerprint density at radius 2 is 2.43 bits per heavy atom. The van der Waals surface area contributed by atoms with Crippen LogP contribution in [0.25, 0.3) is 0 Å². The highest BCUT2D eigenvalue weighted by Crippen LogP contribution is 2.26. The minimum Gasteiger partial charge on any atom is -0.396 e. The predicted molar refractivity (Wildman–Crippen MR) is 55.4 cm³/mol. The Morgan fingerprint density at radius 1 is 1.57 bits per heavy atom. The smallest absolute Gasteiger partial charge is 0.185 e. The van der Waals surface area contributed by atoms with E-state index in [2.05, 4.69) is 9.88 Å². The van der Waals surface area contributed by atoms with E-state index in [1.165, 1.54) is 0 Å². The van der Waals surface area contributed by atoms with Crippen molar-refractivity contribution in [3.05, 3.63) is 11.1 Å². The number of rotatable bonds is 3. The third-order valence-corrected chi connectivity index (χ3v) is 3.47. The number of hydrogen-bond donors (Lipinski definition) is 2. The van der Waals surface area contributed by atoms with Gasteiger partial charge in [-0.15, -0.1) is 11.3 Å². The highest BCUT2D eigenvalue weighted by atomic mass is 32.1. The quantitative estimate of drug-likeness (QED) is 0.767. The first-order valence-corrected chi connectivity index (χ1v) is 5.62. The molecular weight excluding hydrogens is 200 g/mol. The number of aromatic nitrogens is 1. The SMILES string of the molecule is OCc1csc(N2CCC(CO)C2)n1. The van der Waals surface area contributed by atoms with Crippen LogP contribution in [-0.2, 0) is 6.61 Å². The van der Waals surface area contributed by atoms with Crippen LogP contribution in [0.4, 0.5) is 5.13 Å². The second-order valence-corrected chi connectivity index (χ2v) is 4.40. The summed E-state index contributed by atoms with van der Waals surface area (Å²) in [6.07, 6.45) is 1.03. The zero-order valence-corrected chi connectivity index (χ0v) is 8.70. The molecule has 0 radical (unpaired) electrons. The fraction of sp³-hybridized carbons (Fsp3) is 0.667. The predicted octanol–water partition coefficient (Wildman–Crippen LogP) is 0.454. The molecule has 4 nitrogen and oxygen atoms in total. The van der Waals surface area contributed by atoms with Crippen LogP contribution < -0.4 is 4.90 Å². The van der Waals surface area contributed by atoms with Crippen molar-refractivity contribution in [2.45, 2.75) is 13.0 Å². The number of thiazole rings is 1. The van der Waals surface area contributed by atoms with E-state index in [-0.39, 0.29) is 13.2 Å². The van der Waals surface area contributed by atoms with Gasteiger partial charge in [-0.2, -0.15) is 0 Å². The van der Waals surface area contributed by atoms with E-state index in [4.69, 9.17) is 10.2 Å². The lowest BCUT2D eigenvalue weighted by molar-refractivity contribution is 0.238. The van der Waals surface area contributed by atoms with Gasteiger partial charge < -0.3 is 15.1 Å². The van der Waals surface area contributed by atoms with Gasteiger partial charge in [-0.3, -0.25) is 0 Å². The van der Waals surface area contributed by atoms with Gasteiger partial charge in [0.15, 0.2) is 5.13 Å². The van der Waals surface area contributed by atoms with E-state index < -0.39 is 0 Å². The number of nitrogens with zero attached hydrogens (tertiary/aromatic N) is 2. The average molecular weight is 214 g/mol. The van der Waals surface area contributed by atoms with Crippen LogP contribution in [0.1, 0.15) is 12.1 Å². The zero-order valence-electron chi connectivity index (χ0n) is 7.89. The first-order valence-electron chi connectivity index (χ1n) is 4.74. The molecule has 0 spiro atoms. The lowest BCUT2D eigenvalue weighted by Crippen LogP contribution is -2.20. The summed E-state index contributed by atoms with van der Waals surface area (Å²) < 4.78 is 0. The molecule has 2 N–H and O–H groups in total. The summed E-state index contributed by atoms with van der Waals surface area (Å²) in [5.74, 6) is 0.386. The number of anilines is 1. The van der Waals surface area contributed by atoms with Crippen LogP contribution in [0.3, 0.4) is 0 Å². The molecule has 0 amide bonds. The van der Waals surface area contributed by atoms with E-state index in [9.17, 15) is 0 Å². The van der Waals surface area contributed by atoms with Gasteiger partial charge in [0.2, 0.25) is 0 Å². The van der Waals surface area contributed by atoms with E-state index in [0.717, 1.165) is 30.3 Å². The largest absolute Gasteiger partial charge is 0.396 e. The van der Waals surface area contributed by atoms with Gasteiger partial charge in [0.05, 0.1) is 12.3 Å². The maximum atomic E-state index is 9.00. The molecule has 1 aromatic heterocycles. The van der Waals surface area contributed by atoms with Gasteiger partial charge in [0, 0.05) is 31.0 Å². The number of hydrogen-bond acceptors (Lipinski definition) is 5. The van der Waals surface area contributed by atoms with Crippen LogP contribution >= 0.6 is 11.3 Å². The van der Waals surface area contributed by atoms with E-state index in [1.807, 2.05) is 5.38 Å². The Labute approximate surface area is 86.8 Å². The highest BCUT2D eigenvalue weighted by molar-refractivity contribution is 7.13. The Bertz CT molecular complexity index is 303. The second kappa shape index (κ2) is 4.25. The second-order valence-electron chi connectivity index (χ2n) is 3.56. The van der Waals surface area contributed by atoms with Crippen LogP contribution in [0, 0.1) is 5.92 Å². The van der Waals surface area contributed by atoms with Crippen molar-refractivity contribution in [2.24, 2.45) is 5.92 Å². The van der Waals surface area contributed by atoms with Crippen molar-refractivity contribution in [2.75, 3.05) is 24.6 Å². The summed E-state index contributed by atoms with van der Waals surface area (Å²) in [4.78, 5) is 6.46. The third kappa shape index (κ3) is 1.89. The summed E-state index contributed by atoms with van der Waals surface area (Å²) in [5, 5.41) is 20.7. The molecule has 2 heterocycles. The van der Waals surface area contributed by atoms with Crippen LogP contribution in [0.2, 0.25) is 0 Å². The van der Waals surface area contributed by atoms with Crippen molar-refractivity contribution in [1.82, 2.24) is 4.98 Å². The zero-order chi connectivity index (χ0) is 9.97. The Morgan fingerprint density at radius 3 is 3.00 bits per heavy atom. The molecule has 1 saturated heterocycles. The normalized spacial score (nSPS) is 21.9. The van der Waals surface area contributed by atoms with Crippen LogP contribution in [0.15, 0.2) is 5.38 Å². The molecule has 14 heavy (non-hydrogen) atoms. The molecule has 1 aliphatic rings. The molecule has 0 aliphatic carbocycles. The number of aliphatic hydroxyl groups excluding tert-OH is 2. The molecule has 5 heteroatoms. The molecule has 2 rings (SSSR count). The van der Waals surface area contributed by atoms with Crippen molar-refractivity contribution < 1.29 is 10.2 Å². The van der Waals surface area contributed by atoms with Gasteiger partial charge in [-0.25, -0.2) is 4.98 Å². The van der Waals surface area contributed by atoms with Gasteiger partial charge in [0.25, 0.3) is 0 Å². The Balaban J connectivity index is 2.02. The molecule has 78 valence electrons. The average Bonchev–Trinajstić information content (AvgIpc) is 2.86. The summed E-state index contributed by atoms with van der Waals surface area (Å²) in [7, 11) is 0. The third-order valence-electron chi connectivity index (χ3n) is 2.52. The maximum absolute atomic E-state index is 9.00. The number of aliphatic hydroxyl groups is 2. The lowest BCUT2D eigenvalue weighted by atomic mass is 10.1. The van der Waals surface area contributed by atoms with Crippen molar-refractivity contribution in [3.63, 3.8) is 0 Å². The lowest BCUT2D eigenvalue weighted by Gasteiger charge is -2.13. The molecule has 1 fully saturated rings. The standard InChI is InChI=1S/C9H14N2O2S/c12-4-7-1-2-11(3-7)9-10-8(5-13)6-14-9/h6-7,12-13H,1-5H2. The van der Waals surface area contributed by atoms with E-state index in [0.29, 0.717) is 5.92 Å². The molecule has 1 aliphatic heterocycles. The summed E-state index contributed by atoms with van der Waals surface area (Å²) >= 11 is 1.56. The van der Waals surface area contributed by atoms with E-state index >= 15 is 0 Å². The Kier molecular flexibility index (Phi) is 3.00. The van der Waals surface area contributed by atoms with Crippen LogP contribution in [0.5, 0.6) is 0 Å². The highest BCUT2D eigenvalue weighted by Gasteiger charge is 2.23. The van der Waals surface area contributed by atoms with Crippen LogP contribution in [-0.4, -0.2) is 34.9 Å². The molecule has 1 atom stereocenters. The monoisotopic (exact) mass is 214 g/mol. The molecule has 0 bridgehead atoms. The van der Waals surface area contributed by atoms with Gasteiger partial charge >= 0.3 is 0 Å².